The molecular weight excluding hydrogens is 421 g/mol. The normalized spacial score (nSPS) is 10.7. The van der Waals surface area contributed by atoms with Crippen molar-refractivity contribution >= 4 is 46.4 Å². The standard InChI is InChI=1S/C20H16Cl3N3O2/c21-14-5-3-13(4-6-14)18-7-8-20(28)26(25-18)9-1-2-19(27)24-17-11-15(22)10-16(23)12-17/h3-8,10-12H,1-2,9H2,(H,24,27). The van der Waals surface area contributed by atoms with Crippen molar-refractivity contribution in [3.8, 4) is 11.3 Å². The van der Waals surface area contributed by atoms with Crippen molar-refractivity contribution in [3.05, 3.63) is 80.0 Å². The Morgan fingerprint density at radius 2 is 1.61 bits per heavy atom. The number of nitrogens with zero attached hydrogens (tertiary/aromatic N) is 2. The van der Waals surface area contributed by atoms with E-state index < -0.39 is 0 Å². The highest BCUT2D eigenvalue weighted by Gasteiger charge is 2.07. The van der Waals surface area contributed by atoms with Crippen LogP contribution >= 0.6 is 34.8 Å². The molecule has 144 valence electrons. The van der Waals surface area contributed by atoms with Crippen molar-refractivity contribution in [3.63, 3.8) is 0 Å². The van der Waals surface area contributed by atoms with Gasteiger partial charge >= 0.3 is 0 Å². The number of nitrogens with one attached hydrogen (secondary N) is 1. The quantitative estimate of drug-likeness (QED) is 0.571. The highest BCUT2D eigenvalue weighted by molar-refractivity contribution is 6.35. The summed E-state index contributed by atoms with van der Waals surface area (Å²) < 4.78 is 1.35. The highest BCUT2D eigenvalue weighted by atomic mass is 35.5. The first-order chi connectivity index (χ1) is 13.4. The Hall–Kier alpha value is -2.34. The van der Waals surface area contributed by atoms with Crippen LogP contribution in [0.1, 0.15) is 12.8 Å². The Kier molecular flexibility index (Phi) is 6.73. The predicted molar refractivity (Wildman–Crippen MR) is 113 cm³/mol. The monoisotopic (exact) mass is 435 g/mol. The summed E-state index contributed by atoms with van der Waals surface area (Å²) in [7, 11) is 0. The summed E-state index contributed by atoms with van der Waals surface area (Å²) in [6, 6.07) is 15.2. The van der Waals surface area contributed by atoms with E-state index in [1.807, 2.05) is 12.1 Å². The number of carbonyl (C=O) groups excluding carboxylic acids is 1. The summed E-state index contributed by atoms with van der Waals surface area (Å²) in [6.07, 6.45) is 0.681. The molecule has 1 heterocycles. The Balaban J connectivity index is 1.61. The van der Waals surface area contributed by atoms with Crippen molar-refractivity contribution in [1.29, 1.82) is 0 Å². The first-order valence-corrected chi connectivity index (χ1v) is 9.64. The lowest BCUT2D eigenvalue weighted by Crippen LogP contribution is -2.23. The number of carbonyl (C=O) groups is 1. The van der Waals surface area contributed by atoms with Gasteiger partial charge in [-0.15, -0.1) is 0 Å². The van der Waals surface area contributed by atoms with E-state index in [0.717, 1.165) is 5.56 Å². The molecule has 0 aliphatic heterocycles. The molecule has 0 unspecified atom stereocenters. The fourth-order valence-electron chi connectivity index (χ4n) is 2.62. The lowest BCUT2D eigenvalue weighted by Gasteiger charge is -2.08. The summed E-state index contributed by atoms with van der Waals surface area (Å²) in [5.41, 5.74) is 1.82. The maximum Gasteiger partial charge on any atom is 0.266 e. The fourth-order valence-corrected chi connectivity index (χ4v) is 3.27. The number of hydrogen-bond acceptors (Lipinski definition) is 3. The molecule has 0 saturated heterocycles. The zero-order valence-corrected chi connectivity index (χ0v) is 16.9. The van der Waals surface area contributed by atoms with Crippen molar-refractivity contribution in [2.75, 3.05) is 5.32 Å². The summed E-state index contributed by atoms with van der Waals surface area (Å²) in [5.74, 6) is -0.194. The van der Waals surface area contributed by atoms with Gasteiger partial charge in [0.25, 0.3) is 5.56 Å². The van der Waals surface area contributed by atoms with Crippen LogP contribution in [0.5, 0.6) is 0 Å². The summed E-state index contributed by atoms with van der Waals surface area (Å²) >= 11 is 17.7. The predicted octanol–water partition coefficient (Wildman–Crippen LogP) is 5.29. The van der Waals surface area contributed by atoms with Crippen molar-refractivity contribution in [2.24, 2.45) is 0 Å². The Labute approximate surface area is 176 Å². The molecule has 1 aromatic heterocycles. The van der Waals surface area contributed by atoms with Gasteiger partial charge in [-0.05, 0) is 42.8 Å². The smallest absolute Gasteiger partial charge is 0.266 e. The third-order valence-corrected chi connectivity index (χ3v) is 4.62. The molecule has 28 heavy (non-hydrogen) atoms. The number of amides is 1. The molecule has 3 rings (SSSR count). The third-order valence-electron chi connectivity index (χ3n) is 3.93. The van der Waals surface area contributed by atoms with Crippen molar-refractivity contribution < 1.29 is 4.79 Å². The zero-order valence-electron chi connectivity index (χ0n) is 14.7. The Morgan fingerprint density at radius 3 is 2.29 bits per heavy atom. The van der Waals surface area contributed by atoms with Crippen LogP contribution in [-0.4, -0.2) is 15.7 Å². The van der Waals surface area contributed by atoms with E-state index in [1.165, 1.54) is 10.7 Å². The fraction of sp³-hybridized carbons (Fsp3) is 0.150. The molecular formula is C20H16Cl3N3O2. The number of benzene rings is 2. The molecule has 1 N–H and O–H groups in total. The average Bonchev–Trinajstić information content (AvgIpc) is 2.63. The second kappa shape index (κ2) is 9.24. The topological polar surface area (TPSA) is 64.0 Å². The van der Waals surface area contributed by atoms with Crippen LogP contribution in [0.25, 0.3) is 11.3 Å². The summed E-state index contributed by atoms with van der Waals surface area (Å²) in [6.45, 7) is 0.323. The van der Waals surface area contributed by atoms with Crippen LogP contribution in [0.15, 0.2) is 59.4 Å². The van der Waals surface area contributed by atoms with E-state index in [4.69, 9.17) is 34.8 Å². The second-order valence-electron chi connectivity index (χ2n) is 6.10. The molecule has 0 fully saturated rings. The van der Waals surface area contributed by atoms with Crippen LogP contribution in [0.3, 0.4) is 0 Å². The van der Waals surface area contributed by atoms with Gasteiger partial charge in [-0.2, -0.15) is 5.10 Å². The largest absolute Gasteiger partial charge is 0.326 e. The van der Waals surface area contributed by atoms with Crippen LogP contribution in [-0.2, 0) is 11.3 Å². The van der Waals surface area contributed by atoms with Gasteiger partial charge < -0.3 is 5.32 Å². The molecule has 0 aliphatic carbocycles. The molecule has 8 heteroatoms. The Morgan fingerprint density at radius 1 is 0.929 bits per heavy atom. The van der Waals surface area contributed by atoms with Gasteiger partial charge in [-0.3, -0.25) is 9.59 Å². The molecule has 5 nitrogen and oxygen atoms in total. The van der Waals surface area contributed by atoms with Gasteiger partial charge in [0.2, 0.25) is 5.91 Å². The van der Waals surface area contributed by atoms with Gasteiger partial charge in [0.05, 0.1) is 5.69 Å². The summed E-state index contributed by atoms with van der Waals surface area (Å²) in [5, 5.41) is 8.62. The van der Waals surface area contributed by atoms with E-state index in [0.29, 0.717) is 39.4 Å². The number of anilines is 1. The minimum atomic E-state index is -0.222. The van der Waals surface area contributed by atoms with Gasteiger partial charge in [-0.1, -0.05) is 46.9 Å². The molecule has 0 spiro atoms. The van der Waals surface area contributed by atoms with Crippen LogP contribution in [0.2, 0.25) is 15.1 Å². The van der Waals surface area contributed by atoms with E-state index in [9.17, 15) is 9.59 Å². The molecule has 0 radical (unpaired) electrons. The molecule has 0 aliphatic rings. The van der Waals surface area contributed by atoms with Crippen molar-refractivity contribution in [1.82, 2.24) is 9.78 Å². The first kappa shape index (κ1) is 20.4. The number of hydrogen-bond donors (Lipinski definition) is 1. The molecule has 1 amide bonds. The van der Waals surface area contributed by atoms with Crippen LogP contribution < -0.4 is 10.9 Å². The third kappa shape index (κ3) is 5.58. The van der Waals surface area contributed by atoms with E-state index in [1.54, 1.807) is 36.4 Å². The van der Waals surface area contributed by atoms with Crippen LogP contribution in [0.4, 0.5) is 5.69 Å². The minimum absolute atomic E-state index is 0.194. The average molecular weight is 437 g/mol. The van der Waals surface area contributed by atoms with Gasteiger partial charge in [-0.25, -0.2) is 4.68 Å². The van der Waals surface area contributed by atoms with E-state index in [2.05, 4.69) is 10.4 Å². The molecule has 2 aromatic carbocycles. The molecule has 0 bridgehead atoms. The maximum atomic E-state index is 12.1. The van der Waals surface area contributed by atoms with Gasteiger partial charge in [0.15, 0.2) is 0 Å². The van der Waals surface area contributed by atoms with E-state index >= 15 is 0 Å². The molecule has 3 aromatic rings. The number of halogens is 3. The SMILES string of the molecule is O=C(CCCn1nc(-c2ccc(Cl)cc2)ccc1=O)Nc1cc(Cl)cc(Cl)c1. The molecule has 0 atom stereocenters. The number of rotatable bonds is 6. The number of aryl methyl sites for hydroxylation is 1. The summed E-state index contributed by atoms with van der Waals surface area (Å²) in [4.78, 5) is 24.2. The Bertz CT molecular complexity index is 1030. The first-order valence-electron chi connectivity index (χ1n) is 8.51. The number of aromatic nitrogens is 2. The lowest BCUT2D eigenvalue weighted by molar-refractivity contribution is -0.116. The van der Waals surface area contributed by atoms with Crippen molar-refractivity contribution in [2.45, 2.75) is 19.4 Å². The molecule has 0 saturated carbocycles. The minimum Gasteiger partial charge on any atom is -0.326 e. The lowest BCUT2D eigenvalue weighted by atomic mass is 10.1. The van der Waals surface area contributed by atoms with E-state index in [-0.39, 0.29) is 17.9 Å². The van der Waals surface area contributed by atoms with Crippen LogP contribution in [0, 0.1) is 0 Å². The maximum absolute atomic E-state index is 12.1. The second-order valence-corrected chi connectivity index (χ2v) is 7.41. The van der Waals surface area contributed by atoms with Gasteiger partial charge in [0.1, 0.15) is 0 Å². The highest BCUT2D eigenvalue weighted by Crippen LogP contribution is 2.22. The zero-order chi connectivity index (χ0) is 20.1. The van der Waals surface area contributed by atoms with Gasteiger partial charge in [0, 0.05) is 45.4 Å².